The van der Waals surface area contributed by atoms with Crippen molar-refractivity contribution in [3.63, 3.8) is 0 Å². The van der Waals surface area contributed by atoms with Gasteiger partial charge in [0.05, 0.1) is 11.9 Å². The van der Waals surface area contributed by atoms with Crippen LogP contribution in [0.4, 0.5) is 34.6 Å². The van der Waals surface area contributed by atoms with E-state index in [0.29, 0.717) is 29.7 Å². The molecule has 0 aliphatic carbocycles. The minimum Gasteiger partial charge on any atom is -0.369 e. The van der Waals surface area contributed by atoms with Crippen molar-refractivity contribution in [1.29, 1.82) is 0 Å². The van der Waals surface area contributed by atoms with Crippen molar-refractivity contribution in [2.45, 2.75) is 6.42 Å². The first-order valence-electron chi connectivity index (χ1n) is 12.6. The number of carbonyl (C=O) groups excluding carboxylic acids is 1. The molecule has 0 atom stereocenters. The van der Waals surface area contributed by atoms with E-state index in [4.69, 9.17) is 5.73 Å². The number of piperazine rings is 2. The van der Waals surface area contributed by atoms with Gasteiger partial charge in [-0.1, -0.05) is 6.07 Å². The number of hydrogen-bond donors (Lipinski definition) is 3. The fourth-order valence-corrected chi connectivity index (χ4v) is 4.96. The molecule has 3 aromatic rings. The molecule has 0 unspecified atom stereocenters. The number of primary amides is 1. The third-order valence-corrected chi connectivity index (χ3v) is 7.03. The molecule has 0 radical (unpaired) electrons. The Kier molecular flexibility index (Phi) is 6.27. The van der Waals surface area contributed by atoms with Crippen molar-refractivity contribution in [3.05, 3.63) is 54.4 Å². The molecule has 0 saturated carbocycles. The first-order chi connectivity index (χ1) is 18.1. The lowest BCUT2D eigenvalue weighted by Gasteiger charge is -2.38. The lowest BCUT2D eigenvalue weighted by Crippen LogP contribution is -2.46. The number of carbonyl (C=O) groups is 1. The molecule has 190 valence electrons. The van der Waals surface area contributed by atoms with Crippen LogP contribution in [0.2, 0.25) is 0 Å². The molecule has 2 aromatic heterocycles. The molecule has 6 rings (SSSR count). The van der Waals surface area contributed by atoms with Gasteiger partial charge in [-0.05, 0) is 30.3 Å². The number of anilines is 5. The quantitative estimate of drug-likeness (QED) is 0.463. The maximum Gasteiger partial charge on any atom is 0.263 e. The minimum absolute atomic E-state index is 0.302. The number of nitrogens with two attached hydrogens (primary N) is 1. The standard InChI is InChI=1S/C26H30N10O/c27-24(37)22-14-18-16-30-26(33-25(18)31-22)32-23-5-4-21(17-29-23)36-12-10-35(11-13-36)20-3-1-2-19(15-20)34-8-6-28-7-9-34/h1-5,15-17,28H,6-14H2,(H2,27,37)(H,29,30,32,33). The lowest BCUT2D eigenvalue weighted by atomic mass is 10.2. The number of pyridine rings is 1. The highest BCUT2D eigenvalue weighted by Crippen LogP contribution is 2.27. The summed E-state index contributed by atoms with van der Waals surface area (Å²) >= 11 is 0. The van der Waals surface area contributed by atoms with Crippen LogP contribution in [-0.4, -0.2) is 78.9 Å². The molecule has 11 heteroatoms. The molecule has 1 aromatic carbocycles. The average molecular weight is 499 g/mol. The van der Waals surface area contributed by atoms with Crippen molar-refractivity contribution < 1.29 is 4.79 Å². The number of benzene rings is 1. The van der Waals surface area contributed by atoms with Crippen LogP contribution in [0.1, 0.15) is 5.56 Å². The fraction of sp³-hybridized carbons (Fsp3) is 0.346. The van der Waals surface area contributed by atoms with Crippen LogP contribution >= 0.6 is 0 Å². The molecule has 3 aliphatic rings. The number of nitrogens with zero attached hydrogens (tertiary/aromatic N) is 7. The van der Waals surface area contributed by atoms with Gasteiger partial charge in [0.25, 0.3) is 5.91 Å². The smallest absolute Gasteiger partial charge is 0.263 e. The summed E-state index contributed by atoms with van der Waals surface area (Å²) in [5.41, 5.74) is 10.1. The van der Waals surface area contributed by atoms with E-state index in [2.05, 4.69) is 75.6 Å². The van der Waals surface area contributed by atoms with Gasteiger partial charge in [0.15, 0.2) is 5.82 Å². The summed E-state index contributed by atoms with van der Waals surface area (Å²) in [4.78, 5) is 36.1. The second kappa shape index (κ2) is 10.0. The Morgan fingerprint density at radius 2 is 1.57 bits per heavy atom. The third-order valence-electron chi connectivity index (χ3n) is 7.03. The summed E-state index contributed by atoms with van der Waals surface area (Å²) in [5, 5.41) is 6.54. The summed E-state index contributed by atoms with van der Waals surface area (Å²) in [6, 6.07) is 12.9. The second-order valence-electron chi connectivity index (χ2n) is 9.40. The Labute approximate surface area is 215 Å². The summed E-state index contributed by atoms with van der Waals surface area (Å²) < 4.78 is 0. The summed E-state index contributed by atoms with van der Waals surface area (Å²) in [5.74, 6) is 0.961. The molecule has 37 heavy (non-hydrogen) atoms. The molecule has 0 spiro atoms. The van der Waals surface area contributed by atoms with Gasteiger partial charge < -0.3 is 31.1 Å². The Hall–Kier alpha value is -4.25. The molecule has 2 saturated heterocycles. The van der Waals surface area contributed by atoms with E-state index in [1.807, 2.05) is 12.3 Å². The van der Waals surface area contributed by atoms with E-state index >= 15 is 0 Å². The molecule has 2 fully saturated rings. The molecule has 1 amide bonds. The third kappa shape index (κ3) is 5.03. The lowest BCUT2D eigenvalue weighted by molar-refractivity contribution is -0.112. The van der Waals surface area contributed by atoms with Crippen LogP contribution in [0.5, 0.6) is 0 Å². The molecular formula is C26H30N10O. The molecule has 0 bridgehead atoms. The molecule has 11 nitrogen and oxygen atoms in total. The Morgan fingerprint density at radius 3 is 2.24 bits per heavy atom. The number of aromatic nitrogens is 3. The first-order valence-corrected chi connectivity index (χ1v) is 12.6. The van der Waals surface area contributed by atoms with Crippen molar-refractivity contribution in [3.8, 4) is 0 Å². The SMILES string of the molecule is NC(=O)C1=Nc2nc(Nc3ccc(N4CCN(c5cccc(N6CCNCC6)c5)CC4)cn3)ncc2C1. The van der Waals surface area contributed by atoms with Gasteiger partial charge in [0.1, 0.15) is 11.5 Å². The van der Waals surface area contributed by atoms with E-state index in [9.17, 15) is 4.79 Å². The van der Waals surface area contributed by atoms with E-state index in [1.165, 1.54) is 11.4 Å². The number of amides is 1. The van der Waals surface area contributed by atoms with Gasteiger partial charge in [-0.25, -0.2) is 15.0 Å². The highest BCUT2D eigenvalue weighted by atomic mass is 16.1. The van der Waals surface area contributed by atoms with Crippen molar-refractivity contribution in [2.75, 3.05) is 72.4 Å². The minimum atomic E-state index is -0.533. The van der Waals surface area contributed by atoms with Gasteiger partial charge in [-0.2, -0.15) is 4.98 Å². The monoisotopic (exact) mass is 498 g/mol. The second-order valence-corrected chi connectivity index (χ2v) is 9.40. The number of nitrogens with one attached hydrogen (secondary N) is 2. The first kappa shape index (κ1) is 23.2. The van der Waals surface area contributed by atoms with Crippen LogP contribution in [0.3, 0.4) is 0 Å². The van der Waals surface area contributed by atoms with Crippen LogP contribution < -0.4 is 31.1 Å². The van der Waals surface area contributed by atoms with Crippen LogP contribution in [0, 0.1) is 0 Å². The maximum absolute atomic E-state index is 11.4. The van der Waals surface area contributed by atoms with Gasteiger partial charge in [-0.3, -0.25) is 4.79 Å². The molecule has 5 heterocycles. The van der Waals surface area contributed by atoms with E-state index in [-0.39, 0.29) is 0 Å². The fourth-order valence-electron chi connectivity index (χ4n) is 4.96. The van der Waals surface area contributed by atoms with E-state index in [1.54, 1.807) is 6.20 Å². The highest BCUT2D eigenvalue weighted by Gasteiger charge is 2.21. The largest absolute Gasteiger partial charge is 0.369 e. The molecule has 4 N–H and O–H groups in total. The zero-order valence-electron chi connectivity index (χ0n) is 20.6. The summed E-state index contributed by atoms with van der Waals surface area (Å²) in [6.07, 6.45) is 3.91. The predicted molar refractivity (Wildman–Crippen MR) is 145 cm³/mol. The normalized spacial score (nSPS) is 17.4. The van der Waals surface area contributed by atoms with Crippen molar-refractivity contribution in [1.82, 2.24) is 20.3 Å². The predicted octanol–water partition coefficient (Wildman–Crippen LogP) is 1.47. The van der Waals surface area contributed by atoms with E-state index < -0.39 is 5.91 Å². The van der Waals surface area contributed by atoms with Crippen molar-refractivity contribution >= 4 is 46.3 Å². The van der Waals surface area contributed by atoms with E-state index in [0.717, 1.165) is 63.6 Å². The summed E-state index contributed by atoms with van der Waals surface area (Å²) in [6.45, 7) is 7.97. The summed E-state index contributed by atoms with van der Waals surface area (Å²) in [7, 11) is 0. The number of aliphatic imine (C=N–C) groups is 1. The van der Waals surface area contributed by atoms with Gasteiger partial charge in [-0.15, -0.1) is 0 Å². The zero-order chi connectivity index (χ0) is 25.2. The van der Waals surface area contributed by atoms with Crippen molar-refractivity contribution in [2.24, 2.45) is 10.7 Å². The van der Waals surface area contributed by atoms with Gasteiger partial charge >= 0.3 is 0 Å². The molecular weight excluding hydrogens is 468 g/mol. The topological polar surface area (TPSA) is 128 Å². The van der Waals surface area contributed by atoms with Gasteiger partial charge in [0, 0.05) is 81.9 Å². The Balaban J connectivity index is 1.06. The zero-order valence-corrected chi connectivity index (χ0v) is 20.6. The average Bonchev–Trinajstić information content (AvgIpc) is 3.38. The van der Waals surface area contributed by atoms with Crippen LogP contribution in [-0.2, 0) is 11.2 Å². The Bertz CT molecular complexity index is 1310. The highest BCUT2D eigenvalue weighted by molar-refractivity contribution is 6.40. The Morgan fingerprint density at radius 1 is 0.865 bits per heavy atom. The van der Waals surface area contributed by atoms with Crippen LogP contribution in [0.25, 0.3) is 0 Å². The van der Waals surface area contributed by atoms with Crippen LogP contribution in [0.15, 0.2) is 53.8 Å². The number of rotatable bonds is 6. The number of hydrogen-bond acceptors (Lipinski definition) is 10. The maximum atomic E-state index is 11.4. The van der Waals surface area contributed by atoms with Gasteiger partial charge in [0.2, 0.25) is 5.95 Å². The molecule has 3 aliphatic heterocycles. The number of fused-ring (bicyclic) bond motifs is 1.